The number of hydrogen-bond donors (Lipinski definition) is 1. The molecule has 1 aromatic rings. The van der Waals surface area contributed by atoms with Crippen LogP contribution in [-0.4, -0.2) is 61.5 Å². The number of aromatic amines is 1. The number of alkyl halides is 1. The Labute approximate surface area is 132 Å². The van der Waals surface area contributed by atoms with Gasteiger partial charge in [0.15, 0.2) is 0 Å². The van der Waals surface area contributed by atoms with Gasteiger partial charge in [0.2, 0.25) is 10.0 Å². The predicted octanol–water partition coefficient (Wildman–Crippen LogP) is 1.67. The van der Waals surface area contributed by atoms with E-state index in [4.69, 9.17) is 11.6 Å². The van der Waals surface area contributed by atoms with Crippen molar-refractivity contribution in [1.29, 1.82) is 0 Å². The SMILES string of the molecule is Cc1[nH]nc(CCl)c1S(=O)(=O)N(CCN(C)C)CC(C)C. The van der Waals surface area contributed by atoms with Gasteiger partial charge in [0.05, 0.1) is 17.3 Å². The third kappa shape index (κ3) is 4.67. The number of rotatable bonds is 8. The van der Waals surface area contributed by atoms with E-state index in [2.05, 4.69) is 10.2 Å². The van der Waals surface area contributed by atoms with Crippen LogP contribution < -0.4 is 0 Å². The number of aryl methyl sites for hydroxylation is 1. The van der Waals surface area contributed by atoms with E-state index in [1.807, 2.05) is 32.8 Å². The molecule has 1 rings (SSSR count). The topological polar surface area (TPSA) is 69.3 Å². The molecule has 0 spiro atoms. The first kappa shape index (κ1) is 18.4. The summed E-state index contributed by atoms with van der Waals surface area (Å²) in [7, 11) is 0.255. The second kappa shape index (κ2) is 7.58. The highest BCUT2D eigenvalue weighted by Crippen LogP contribution is 2.24. The molecule has 0 aromatic carbocycles. The molecule has 0 bridgehead atoms. The molecule has 0 amide bonds. The van der Waals surface area contributed by atoms with Gasteiger partial charge in [-0.15, -0.1) is 11.6 Å². The maximum atomic E-state index is 12.9. The molecule has 1 N–H and O–H groups in total. The van der Waals surface area contributed by atoms with Crippen LogP contribution in [-0.2, 0) is 15.9 Å². The van der Waals surface area contributed by atoms with Crippen molar-refractivity contribution in [3.63, 3.8) is 0 Å². The summed E-state index contributed by atoms with van der Waals surface area (Å²) in [6.07, 6.45) is 0. The van der Waals surface area contributed by atoms with Gasteiger partial charge in [0, 0.05) is 19.6 Å². The summed E-state index contributed by atoms with van der Waals surface area (Å²) in [6, 6.07) is 0. The van der Waals surface area contributed by atoms with Crippen LogP contribution in [0.1, 0.15) is 25.2 Å². The summed E-state index contributed by atoms with van der Waals surface area (Å²) < 4.78 is 27.4. The average molecular weight is 337 g/mol. The lowest BCUT2D eigenvalue weighted by Gasteiger charge is -2.25. The molecule has 0 unspecified atom stereocenters. The van der Waals surface area contributed by atoms with E-state index < -0.39 is 10.0 Å². The average Bonchev–Trinajstić information content (AvgIpc) is 2.75. The van der Waals surface area contributed by atoms with Crippen molar-refractivity contribution in [2.24, 2.45) is 5.92 Å². The smallest absolute Gasteiger partial charge is 0.246 e. The maximum absolute atomic E-state index is 12.9. The maximum Gasteiger partial charge on any atom is 0.246 e. The van der Waals surface area contributed by atoms with E-state index in [9.17, 15) is 8.42 Å². The van der Waals surface area contributed by atoms with Gasteiger partial charge >= 0.3 is 0 Å². The van der Waals surface area contributed by atoms with Crippen LogP contribution in [0, 0.1) is 12.8 Å². The molecular weight excluding hydrogens is 312 g/mol. The highest BCUT2D eigenvalue weighted by Gasteiger charge is 2.30. The van der Waals surface area contributed by atoms with Gasteiger partial charge in [0.1, 0.15) is 4.90 Å². The molecule has 0 saturated carbocycles. The number of H-pyrrole nitrogens is 1. The molecule has 21 heavy (non-hydrogen) atoms. The summed E-state index contributed by atoms with van der Waals surface area (Å²) in [5, 5.41) is 6.70. The second-order valence-electron chi connectivity index (χ2n) is 5.82. The fourth-order valence-electron chi connectivity index (χ4n) is 2.06. The summed E-state index contributed by atoms with van der Waals surface area (Å²) in [5.41, 5.74) is 0.914. The number of aromatic nitrogens is 2. The van der Waals surface area contributed by atoms with E-state index in [-0.39, 0.29) is 16.7 Å². The molecule has 1 aromatic heterocycles. The Bertz CT molecular complexity index is 555. The fraction of sp³-hybridized carbons (Fsp3) is 0.769. The molecule has 0 radical (unpaired) electrons. The van der Waals surface area contributed by atoms with Gasteiger partial charge in [-0.3, -0.25) is 5.10 Å². The number of halogens is 1. The normalized spacial score (nSPS) is 12.8. The standard InChI is InChI=1S/C13H25ClN4O2S/c1-10(2)9-18(7-6-17(4)5)21(19,20)13-11(3)15-16-12(13)8-14/h10H,6-9H2,1-5H3,(H,15,16). The van der Waals surface area contributed by atoms with Gasteiger partial charge in [-0.05, 0) is 26.9 Å². The first-order chi connectivity index (χ1) is 9.70. The number of nitrogens with zero attached hydrogens (tertiary/aromatic N) is 3. The molecule has 1 heterocycles. The van der Waals surface area contributed by atoms with Gasteiger partial charge in [-0.1, -0.05) is 13.8 Å². The van der Waals surface area contributed by atoms with Crippen molar-refractivity contribution >= 4 is 21.6 Å². The summed E-state index contributed by atoms with van der Waals surface area (Å²) >= 11 is 5.82. The quantitative estimate of drug-likeness (QED) is 0.733. The number of likely N-dealkylation sites (N-methyl/N-ethyl adjacent to an activating group) is 1. The molecule has 0 aliphatic rings. The van der Waals surface area contributed by atoms with Gasteiger partial charge < -0.3 is 4.90 Å². The van der Waals surface area contributed by atoms with E-state index >= 15 is 0 Å². The fourth-order valence-corrected chi connectivity index (χ4v) is 4.26. The molecule has 0 aliphatic carbocycles. The zero-order chi connectivity index (χ0) is 16.2. The van der Waals surface area contributed by atoms with E-state index in [0.29, 0.717) is 31.0 Å². The Kier molecular flexibility index (Phi) is 6.65. The van der Waals surface area contributed by atoms with E-state index in [0.717, 1.165) is 0 Å². The minimum absolute atomic E-state index is 0.0715. The van der Waals surface area contributed by atoms with Crippen LogP contribution in [0.25, 0.3) is 0 Å². The minimum atomic E-state index is -3.59. The molecule has 6 nitrogen and oxygen atoms in total. The zero-order valence-electron chi connectivity index (χ0n) is 13.4. The number of sulfonamides is 1. The second-order valence-corrected chi connectivity index (χ2v) is 7.96. The summed E-state index contributed by atoms with van der Waals surface area (Å²) in [4.78, 5) is 2.19. The first-order valence-electron chi connectivity index (χ1n) is 6.94. The van der Waals surface area contributed by atoms with Crippen molar-refractivity contribution < 1.29 is 8.42 Å². The van der Waals surface area contributed by atoms with Crippen molar-refractivity contribution in [3.8, 4) is 0 Å². The Morgan fingerprint density at radius 3 is 2.38 bits per heavy atom. The highest BCUT2D eigenvalue weighted by atomic mass is 35.5. The molecule has 8 heteroatoms. The number of nitrogens with one attached hydrogen (secondary N) is 1. The lowest BCUT2D eigenvalue weighted by molar-refractivity contribution is 0.312. The van der Waals surface area contributed by atoms with E-state index in [1.54, 1.807) is 6.92 Å². The summed E-state index contributed by atoms with van der Waals surface area (Å²) in [6.45, 7) is 7.29. The Morgan fingerprint density at radius 2 is 1.90 bits per heavy atom. The van der Waals surface area contributed by atoms with Crippen LogP contribution in [0.4, 0.5) is 0 Å². The zero-order valence-corrected chi connectivity index (χ0v) is 14.9. The van der Waals surface area contributed by atoms with Crippen LogP contribution >= 0.6 is 11.6 Å². The van der Waals surface area contributed by atoms with Crippen molar-refractivity contribution in [3.05, 3.63) is 11.4 Å². The molecule has 0 saturated heterocycles. The lowest BCUT2D eigenvalue weighted by Crippen LogP contribution is -2.39. The first-order valence-corrected chi connectivity index (χ1v) is 8.92. The van der Waals surface area contributed by atoms with Crippen molar-refractivity contribution in [1.82, 2.24) is 19.4 Å². The molecule has 0 fully saturated rings. The van der Waals surface area contributed by atoms with Crippen LogP contribution in [0.5, 0.6) is 0 Å². The number of hydrogen-bond acceptors (Lipinski definition) is 4. The van der Waals surface area contributed by atoms with Crippen molar-refractivity contribution in [2.75, 3.05) is 33.7 Å². The predicted molar refractivity (Wildman–Crippen MR) is 85.0 cm³/mol. The van der Waals surface area contributed by atoms with Crippen LogP contribution in [0.15, 0.2) is 4.90 Å². The Hall–Kier alpha value is -0.630. The Balaban J connectivity index is 3.16. The molecular formula is C13H25ClN4O2S. The summed E-state index contributed by atoms with van der Waals surface area (Å²) in [5.74, 6) is 0.316. The lowest BCUT2D eigenvalue weighted by atomic mass is 10.2. The molecule has 122 valence electrons. The van der Waals surface area contributed by atoms with Gasteiger partial charge in [-0.2, -0.15) is 9.40 Å². The Morgan fingerprint density at radius 1 is 1.29 bits per heavy atom. The van der Waals surface area contributed by atoms with Crippen LogP contribution in [0.2, 0.25) is 0 Å². The third-order valence-corrected chi connectivity index (χ3v) is 5.37. The molecule has 0 aliphatic heterocycles. The molecule has 0 atom stereocenters. The highest BCUT2D eigenvalue weighted by molar-refractivity contribution is 7.89. The largest absolute Gasteiger partial charge is 0.308 e. The van der Waals surface area contributed by atoms with E-state index in [1.165, 1.54) is 4.31 Å². The van der Waals surface area contributed by atoms with Gasteiger partial charge in [-0.25, -0.2) is 8.42 Å². The van der Waals surface area contributed by atoms with Gasteiger partial charge in [0.25, 0.3) is 0 Å². The minimum Gasteiger partial charge on any atom is -0.308 e. The van der Waals surface area contributed by atoms with Crippen molar-refractivity contribution in [2.45, 2.75) is 31.5 Å². The van der Waals surface area contributed by atoms with Crippen LogP contribution in [0.3, 0.4) is 0 Å². The monoisotopic (exact) mass is 336 g/mol. The third-order valence-electron chi connectivity index (χ3n) is 3.05.